The van der Waals surface area contributed by atoms with Gasteiger partial charge in [-0.15, -0.1) is 0 Å². The van der Waals surface area contributed by atoms with Crippen molar-refractivity contribution in [2.24, 2.45) is 0 Å². The van der Waals surface area contributed by atoms with Crippen molar-refractivity contribution in [3.8, 4) is 34.3 Å². The van der Waals surface area contributed by atoms with Crippen LogP contribution in [0.15, 0.2) is 180 Å². The Hall–Kier alpha value is -8.56. The molecule has 14 rings (SSSR count). The van der Waals surface area contributed by atoms with Gasteiger partial charge in [-0.2, -0.15) is 0 Å². The molecule has 0 fully saturated rings. The van der Waals surface area contributed by atoms with E-state index in [9.17, 15) is 0 Å². The smallest absolute Gasteiger partial charge is 0.252 e. The fourth-order valence-electron chi connectivity index (χ4n) is 12.0. The molecule has 0 spiro atoms. The molecule has 1 aromatic heterocycles. The molecule has 4 aliphatic heterocycles. The molecule has 0 saturated heterocycles. The van der Waals surface area contributed by atoms with Crippen LogP contribution < -0.4 is 50.0 Å². The highest BCUT2D eigenvalue weighted by molar-refractivity contribution is 7.00. The molecule has 0 amide bonds. The lowest BCUT2D eigenvalue weighted by Gasteiger charge is -2.45. The Labute approximate surface area is 451 Å². The van der Waals surface area contributed by atoms with Crippen molar-refractivity contribution in [3.63, 3.8) is 0 Å². The highest BCUT2D eigenvalue weighted by Crippen LogP contribution is 2.56. The van der Waals surface area contributed by atoms with Crippen molar-refractivity contribution in [1.29, 1.82) is 0 Å². The van der Waals surface area contributed by atoms with Gasteiger partial charge in [0.2, 0.25) is 13.6 Å². The number of nitrogens with zero attached hydrogens (tertiary/aromatic N) is 3. The molecule has 0 atom stereocenters. The third-order valence-corrected chi connectivity index (χ3v) is 16.1. The fourth-order valence-corrected chi connectivity index (χ4v) is 12.0. The molecule has 10 aromatic rings. The summed E-state index contributed by atoms with van der Waals surface area (Å²) in [6.07, 6.45) is 0. The number of benzene rings is 9. The SMILES string of the molecule is CC(C)(C)c1ccc(N(c2cc3c4c(c2)N(c2cccc5c2OCO5)c2c(ccc5c2OCO5)B4c2cc(C(C)(C)C)ccc2N3c2ccc(C(C)(C)C)cc2)c2ccc3cc(-c4cc5ccccc5o4)ccc3c2)cc1. The predicted octanol–water partition coefficient (Wildman–Crippen LogP) is 16.2. The first kappa shape index (κ1) is 46.9. The second-order valence-electron chi connectivity index (χ2n) is 24.1. The Balaban J connectivity index is 1.06. The molecule has 8 nitrogen and oxygen atoms in total. The first-order chi connectivity index (χ1) is 37.0. The standard InChI is InChI=1S/C68H60BN3O5/c1-66(2,3)45-20-26-48(27-21-45)70(50-25-19-41-33-44(18-17-42(41)34-50)61-35-43-13-10-11-15-58(43)77-61)51-37-56-62-57(38-51)72(55-14-12-16-59-64(55)75-39-73-59)63-52(30-32-60-65(63)76-40-74-60)69(62)53-36-47(68(7,8)9)24-31-54(53)71(56)49-28-22-46(23-29-49)67(4,5)6/h10-38H,39-40H2,1-9H3. The topological polar surface area (TPSA) is 59.8 Å². The van der Waals surface area contributed by atoms with E-state index in [1.807, 2.05) is 24.3 Å². The average Bonchev–Trinajstić information content (AvgIpc) is 4.34. The minimum absolute atomic E-state index is 0.0278. The molecule has 77 heavy (non-hydrogen) atoms. The summed E-state index contributed by atoms with van der Waals surface area (Å²) in [4.78, 5) is 7.27. The second-order valence-corrected chi connectivity index (χ2v) is 24.1. The number of hydrogen-bond acceptors (Lipinski definition) is 8. The van der Waals surface area contributed by atoms with Gasteiger partial charge in [-0.1, -0.05) is 147 Å². The number of rotatable bonds is 6. The van der Waals surface area contributed by atoms with Gasteiger partial charge in [0.1, 0.15) is 11.3 Å². The third-order valence-electron chi connectivity index (χ3n) is 16.1. The molecule has 0 N–H and O–H groups in total. The van der Waals surface area contributed by atoms with Crippen LogP contribution in [0.2, 0.25) is 0 Å². The normalized spacial score (nSPS) is 14.3. The van der Waals surface area contributed by atoms with Crippen LogP contribution in [0.5, 0.6) is 23.0 Å². The Bertz CT molecular complexity index is 4000. The van der Waals surface area contributed by atoms with Gasteiger partial charge in [0.05, 0.1) is 17.1 Å². The summed E-state index contributed by atoms with van der Waals surface area (Å²) in [6.45, 7) is 20.6. The van der Waals surface area contributed by atoms with Crippen LogP contribution in [-0.2, 0) is 16.2 Å². The van der Waals surface area contributed by atoms with E-state index in [0.717, 1.165) is 89.7 Å². The molecular formula is C68H60BN3O5. The first-order valence-electron chi connectivity index (χ1n) is 26.8. The third kappa shape index (κ3) is 7.64. The van der Waals surface area contributed by atoms with Crippen LogP contribution in [0.3, 0.4) is 0 Å². The summed E-state index contributed by atoms with van der Waals surface area (Å²) in [7, 11) is 0. The van der Waals surface area contributed by atoms with Gasteiger partial charge < -0.3 is 38.1 Å². The number of para-hydroxylation sites is 2. The summed E-state index contributed by atoms with van der Waals surface area (Å²) in [6, 6.07) is 64.5. The number of anilines is 9. The van der Waals surface area contributed by atoms with E-state index in [1.165, 1.54) is 27.6 Å². The Morgan fingerprint density at radius 1 is 0.429 bits per heavy atom. The number of hydrogen-bond donors (Lipinski definition) is 0. The molecule has 9 heteroatoms. The monoisotopic (exact) mass is 1010 g/mol. The minimum Gasteiger partial charge on any atom is -0.456 e. The van der Waals surface area contributed by atoms with E-state index in [4.69, 9.17) is 23.4 Å². The maximum absolute atomic E-state index is 6.60. The van der Waals surface area contributed by atoms with E-state index >= 15 is 0 Å². The molecule has 380 valence electrons. The largest absolute Gasteiger partial charge is 0.456 e. The van der Waals surface area contributed by atoms with Crippen molar-refractivity contribution in [1.82, 2.24) is 0 Å². The van der Waals surface area contributed by atoms with Crippen LogP contribution in [0, 0.1) is 0 Å². The molecule has 0 aliphatic carbocycles. The summed E-state index contributed by atoms with van der Waals surface area (Å²) in [5, 5.41) is 3.32. The van der Waals surface area contributed by atoms with Gasteiger partial charge in [-0.3, -0.25) is 0 Å². The van der Waals surface area contributed by atoms with Crippen LogP contribution in [0.25, 0.3) is 33.1 Å². The molecule has 0 bridgehead atoms. The predicted molar refractivity (Wildman–Crippen MR) is 316 cm³/mol. The maximum Gasteiger partial charge on any atom is 0.252 e. The average molecular weight is 1010 g/mol. The fraction of sp³-hybridized carbons (Fsp3) is 0.206. The van der Waals surface area contributed by atoms with Gasteiger partial charge in [0.25, 0.3) is 6.71 Å². The first-order valence-corrected chi connectivity index (χ1v) is 26.8. The lowest BCUT2D eigenvalue weighted by molar-refractivity contribution is 0.174. The highest BCUT2D eigenvalue weighted by Gasteiger charge is 2.47. The summed E-state index contributed by atoms with van der Waals surface area (Å²) >= 11 is 0. The Morgan fingerprint density at radius 2 is 1.06 bits per heavy atom. The van der Waals surface area contributed by atoms with Crippen LogP contribution in [0.1, 0.15) is 79.0 Å². The lowest BCUT2D eigenvalue weighted by Crippen LogP contribution is -2.61. The molecule has 4 aliphatic rings. The zero-order chi connectivity index (χ0) is 52.7. The molecule has 0 unspecified atom stereocenters. The zero-order valence-electron chi connectivity index (χ0n) is 45.1. The minimum atomic E-state index is -0.188. The number of furan rings is 1. The van der Waals surface area contributed by atoms with E-state index < -0.39 is 0 Å². The van der Waals surface area contributed by atoms with Crippen LogP contribution in [0.4, 0.5) is 51.2 Å². The van der Waals surface area contributed by atoms with Gasteiger partial charge in [-0.05, 0) is 151 Å². The van der Waals surface area contributed by atoms with Gasteiger partial charge in [0.15, 0.2) is 23.0 Å². The van der Waals surface area contributed by atoms with Gasteiger partial charge in [-0.25, -0.2) is 0 Å². The zero-order valence-corrected chi connectivity index (χ0v) is 45.1. The summed E-state index contributed by atoms with van der Waals surface area (Å²) in [5.74, 6) is 3.64. The van der Waals surface area contributed by atoms with Crippen molar-refractivity contribution >= 4 is 96.0 Å². The quantitative estimate of drug-likeness (QED) is 0.153. The molecule has 5 heterocycles. The van der Waals surface area contributed by atoms with E-state index in [0.29, 0.717) is 23.0 Å². The molecule has 0 saturated carbocycles. The van der Waals surface area contributed by atoms with Crippen LogP contribution >= 0.6 is 0 Å². The van der Waals surface area contributed by atoms with Crippen molar-refractivity contribution < 1.29 is 23.4 Å². The Morgan fingerprint density at radius 3 is 1.79 bits per heavy atom. The maximum atomic E-state index is 6.60. The number of ether oxygens (including phenoxy) is 4. The highest BCUT2D eigenvalue weighted by atomic mass is 16.7. The van der Waals surface area contributed by atoms with E-state index in [1.54, 1.807) is 0 Å². The Kier molecular flexibility index (Phi) is 10.3. The lowest BCUT2D eigenvalue weighted by atomic mass is 9.33. The molecule has 9 aromatic carbocycles. The molecular weight excluding hydrogens is 950 g/mol. The van der Waals surface area contributed by atoms with E-state index in [-0.39, 0.29) is 36.5 Å². The molecule has 0 radical (unpaired) electrons. The van der Waals surface area contributed by atoms with Gasteiger partial charge in [0, 0.05) is 45.1 Å². The summed E-state index contributed by atoms with van der Waals surface area (Å²) in [5.41, 5.74) is 18.1. The van der Waals surface area contributed by atoms with Crippen molar-refractivity contribution in [3.05, 3.63) is 193 Å². The summed E-state index contributed by atoms with van der Waals surface area (Å²) < 4.78 is 31.8. The number of fused-ring (bicyclic) bond motifs is 9. The van der Waals surface area contributed by atoms with Gasteiger partial charge >= 0.3 is 0 Å². The van der Waals surface area contributed by atoms with Crippen molar-refractivity contribution in [2.75, 3.05) is 28.3 Å². The van der Waals surface area contributed by atoms with Crippen LogP contribution in [-0.4, -0.2) is 20.3 Å². The van der Waals surface area contributed by atoms with Crippen molar-refractivity contribution in [2.45, 2.75) is 78.6 Å². The second kappa shape index (κ2) is 17.0. The van der Waals surface area contributed by atoms with E-state index in [2.05, 4.69) is 229 Å².